The molecule has 0 aliphatic rings. The molecule has 1 N–H and O–H groups in total. The number of amides is 1. The van der Waals surface area contributed by atoms with Crippen molar-refractivity contribution in [1.82, 2.24) is 4.98 Å². The van der Waals surface area contributed by atoms with Crippen LogP contribution in [-0.4, -0.2) is 10.9 Å². The maximum absolute atomic E-state index is 13.0. The van der Waals surface area contributed by atoms with E-state index in [-0.39, 0.29) is 17.6 Å². The highest BCUT2D eigenvalue weighted by Crippen LogP contribution is 2.26. The van der Waals surface area contributed by atoms with Gasteiger partial charge in [0, 0.05) is 11.8 Å². The summed E-state index contributed by atoms with van der Waals surface area (Å²) in [7, 11) is 0. The van der Waals surface area contributed by atoms with Crippen molar-refractivity contribution >= 4 is 22.9 Å². The second kappa shape index (κ2) is 8.58. The summed E-state index contributed by atoms with van der Waals surface area (Å²) in [6.45, 7) is 2.29. The van der Waals surface area contributed by atoms with Gasteiger partial charge in [-0.2, -0.15) is 0 Å². The molecule has 1 aromatic heterocycles. The minimum atomic E-state index is -0.281. The van der Waals surface area contributed by atoms with Crippen molar-refractivity contribution in [3.05, 3.63) is 76.5 Å². The summed E-state index contributed by atoms with van der Waals surface area (Å²) in [4.78, 5) is 16.6. The molecule has 0 fully saturated rings. The number of benzene rings is 2. The Hall–Kier alpha value is -2.73. The Labute approximate surface area is 155 Å². The number of aromatic nitrogens is 1. The molecular formula is C20H19FN2O2S. The average Bonchev–Trinajstić information content (AvgIpc) is 3.15. The Morgan fingerprint density at radius 3 is 2.73 bits per heavy atom. The van der Waals surface area contributed by atoms with E-state index in [0.29, 0.717) is 24.5 Å². The molecule has 1 amide bonds. The maximum Gasteiger partial charge on any atom is 0.225 e. The van der Waals surface area contributed by atoms with E-state index in [1.54, 1.807) is 23.7 Å². The van der Waals surface area contributed by atoms with Gasteiger partial charge in [-0.05, 0) is 35.7 Å². The number of halogens is 1. The van der Waals surface area contributed by atoms with E-state index in [2.05, 4.69) is 10.3 Å². The number of rotatable bonds is 7. The van der Waals surface area contributed by atoms with Gasteiger partial charge in [0.1, 0.15) is 18.2 Å². The lowest BCUT2D eigenvalue weighted by molar-refractivity contribution is -0.116. The predicted octanol–water partition coefficient (Wildman–Crippen LogP) is 4.99. The SMILES string of the molecule is CC(CC(=O)Nc1ccccc1OCc1cscn1)c1ccc(F)cc1. The van der Waals surface area contributed by atoms with Gasteiger partial charge in [0.15, 0.2) is 0 Å². The van der Waals surface area contributed by atoms with E-state index in [4.69, 9.17) is 4.74 Å². The number of thiazole rings is 1. The quantitative estimate of drug-likeness (QED) is 0.637. The Morgan fingerprint density at radius 1 is 1.23 bits per heavy atom. The Morgan fingerprint density at radius 2 is 2.00 bits per heavy atom. The van der Waals surface area contributed by atoms with Crippen molar-refractivity contribution in [1.29, 1.82) is 0 Å². The number of hydrogen-bond donors (Lipinski definition) is 1. The van der Waals surface area contributed by atoms with E-state index >= 15 is 0 Å². The van der Waals surface area contributed by atoms with E-state index < -0.39 is 0 Å². The van der Waals surface area contributed by atoms with Gasteiger partial charge in [-0.15, -0.1) is 11.3 Å². The normalized spacial score (nSPS) is 11.8. The number of para-hydroxylation sites is 2. The zero-order chi connectivity index (χ0) is 18.4. The molecule has 1 atom stereocenters. The van der Waals surface area contributed by atoms with Gasteiger partial charge in [-0.3, -0.25) is 4.79 Å². The molecule has 3 aromatic rings. The van der Waals surface area contributed by atoms with Crippen LogP contribution in [0.2, 0.25) is 0 Å². The summed E-state index contributed by atoms with van der Waals surface area (Å²) in [5.74, 6) is 0.185. The second-order valence-corrected chi connectivity index (χ2v) is 6.69. The lowest BCUT2D eigenvalue weighted by Crippen LogP contribution is -2.15. The highest BCUT2D eigenvalue weighted by Gasteiger charge is 2.13. The van der Waals surface area contributed by atoms with Crippen LogP contribution < -0.4 is 10.1 Å². The van der Waals surface area contributed by atoms with Gasteiger partial charge < -0.3 is 10.1 Å². The number of carbonyl (C=O) groups is 1. The van der Waals surface area contributed by atoms with Crippen LogP contribution in [0.1, 0.15) is 30.5 Å². The summed E-state index contributed by atoms with van der Waals surface area (Å²) in [6, 6.07) is 13.5. The first kappa shape index (κ1) is 18.1. The van der Waals surface area contributed by atoms with Gasteiger partial charge in [0.25, 0.3) is 0 Å². The van der Waals surface area contributed by atoms with Gasteiger partial charge in [0.2, 0.25) is 5.91 Å². The molecule has 0 saturated heterocycles. The number of nitrogens with one attached hydrogen (secondary N) is 1. The third-order valence-corrected chi connectivity index (χ3v) is 4.59. The van der Waals surface area contributed by atoms with Crippen LogP contribution in [0.25, 0.3) is 0 Å². The number of carbonyl (C=O) groups excluding carboxylic acids is 1. The smallest absolute Gasteiger partial charge is 0.225 e. The minimum Gasteiger partial charge on any atom is -0.485 e. The largest absolute Gasteiger partial charge is 0.485 e. The molecule has 26 heavy (non-hydrogen) atoms. The Kier molecular flexibility index (Phi) is 5.96. The highest BCUT2D eigenvalue weighted by molar-refractivity contribution is 7.07. The molecule has 2 aromatic carbocycles. The monoisotopic (exact) mass is 370 g/mol. The zero-order valence-corrected chi connectivity index (χ0v) is 15.1. The van der Waals surface area contributed by atoms with Crippen LogP contribution in [-0.2, 0) is 11.4 Å². The van der Waals surface area contributed by atoms with Crippen molar-refractivity contribution < 1.29 is 13.9 Å². The first-order valence-corrected chi connectivity index (χ1v) is 9.20. The van der Waals surface area contributed by atoms with Crippen molar-refractivity contribution in [3.63, 3.8) is 0 Å². The molecule has 1 unspecified atom stereocenters. The fourth-order valence-corrected chi connectivity index (χ4v) is 3.09. The number of nitrogens with zero attached hydrogens (tertiary/aromatic N) is 1. The highest BCUT2D eigenvalue weighted by atomic mass is 32.1. The summed E-state index contributed by atoms with van der Waals surface area (Å²) in [5.41, 5.74) is 4.15. The molecule has 0 spiro atoms. The summed E-state index contributed by atoms with van der Waals surface area (Å²) in [6.07, 6.45) is 0.298. The lowest BCUT2D eigenvalue weighted by atomic mass is 9.97. The van der Waals surface area contributed by atoms with Gasteiger partial charge in [0.05, 0.1) is 16.9 Å². The van der Waals surface area contributed by atoms with E-state index in [1.165, 1.54) is 23.5 Å². The van der Waals surface area contributed by atoms with Gasteiger partial charge in [-0.25, -0.2) is 9.37 Å². The Balaban J connectivity index is 1.60. The third-order valence-electron chi connectivity index (χ3n) is 3.95. The van der Waals surface area contributed by atoms with E-state index in [0.717, 1.165) is 11.3 Å². The molecule has 0 aliphatic heterocycles. The first-order chi connectivity index (χ1) is 12.6. The van der Waals surface area contributed by atoms with Crippen molar-refractivity contribution in [2.45, 2.75) is 25.9 Å². The standard InChI is InChI=1S/C20H19FN2O2S/c1-14(15-6-8-16(21)9-7-15)10-20(24)23-18-4-2-3-5-19(18)25-11-17-12-26-13-22-17/h2-9,12-14H,10-11H2,1H3,(H,23,24). The topological polar surface area (TPSA) is 51.2 Å². The van der Waals surface area contributed by atoms with Crippen LogP contribution in [0.4, 0.5) is 10.1 Å². The molecule has 0 bridgehead atoms. The predicted molar refractivity (Wildman–Crippen MR) is 101 cm³/mol. The number of hydrogen-bond acceptors (Lipinski definition) is 4. The fourth-order valence-electron chi connectivity index (χ4n) is 2.54. The fraction of sp³-hybridized carbons (Fsp3) is 0.200. The second-order valence-electron chi connectivity index (χ2n) is 5.97. The zero-order valence-electron chi connectivity index (χ0n) is 14.3. The summed E-state index contributed by atoms with van der Waals surface area (Å²) < 4.78 is 18.8. The minimum absolute atomic E-state index is 0.0151. The maximum atomic E-state index is 13.0. The van der Waals surface area contributed by atoms with E-state index in [1.807, 2.05) is 30.5 Å². The van der Waals surface area contributed by atoms with Crippen LogP contribution in [0.5, 0.6) is 5.75 Å². The molecular weight excluding hydrogens is 351 g/mol. The Bertz CT molecular complexity index is 851. The number of ether oxygens (including phenoxy) is 1. The summed E-state index contributed by atoms with van der Waals surface area (Å²) >= 11 is 1.51. The molecule has 6 heteroatoms. The van der Waals surface area contributed by atoms with Crippen molar-refractivity contribution in [3.8, 4) is 5.75 Å². The lowest BCUT2D eigenvalue weighted by Gasteiger charge is -2.14. The van der Waals surface area contributed by atoms with Crippen LogP contribution in [0, 0.1) is 5.82 Å². The number of anilines is 1. The molecule has 0 aliphatic carbocycles. The molecule has 0 radical (unpaired) electrons. The summed E-state index contributed by atoms with van der Waals surface area (Å²) in [5, 5.41) is 4.82. The molecule has 0 saturated carbocycles. The third kappa shape index (κ3) is 4.89. The van der Waals surface area contributed by atoms with Gasteiger partial charge in [-0.1, -0.05) is 31.2 Å². The van der Waals surface area contributed by atoms with E-state index in [9.17, 15) is 9.18 Å². The van der Waals surface area contributed by atoms with Gasteiger partial charge >= 0.3 is 0 Å². The molecule has 134 valence electrons. The first-order valence-electron chi connectivity index (χ1n) is 8.26. The van der Waals surface area contributed by atoms with Crippen molar-refractivity contribution in [2.75, 3.05) is 5.32 Å². The molecule has 1 heterocycles. The molecule has 4 nitrogen and oxygen atoms in total. The van der Waals surface area contributed by atoms with Crippen LogP contribution >= 0.6 is 11.3 Å². The van der Waals surface area contributed by atoms with Crippen molar-refractivity contribution in [2.24, 2.45) is 0 Å². The van der Waals surface area contributed by atoms with Crippen LogP contribution in [0.3, 0.4) is 0 Å². The van der Waals surface area contributed by atoms with Crippen LogP contribution in [0.15, 0.2) is 59.4 Å². The average molecular weight is 370 g/mol. The molecule has 3 rings (SSSR count).